The zero-order chi connectivity index (χ0) is 70.4. The number of amides is 1. The number of aromatic nitrogens is 12. The van der Waals surface area contributed by atoms with Gasteiger partial charge in [0.25, 0.3) is 5.91 Å². The lowest BCUT2D eigenvalue weighted by Crippen LogP contribution is -2.36. The quantitative estimate of drug-likeness (QED) is 0.0719. The molecule has 6 aromatic heterocycles. The van der Waals surface area contributed by atoms with Crippen LogP contribution in [0, 0.1) is 0 Å². The largest absolute Gasteiger partial charge is 0.488 e. The topological polar surface area (TPSA) is 285 Å². The molecule has 27 nitrogen and oxygen atoms in total. The molecule has 104 heavy (non-hydrogen) atoms. The number of nitrogens with zero attached hydrogens (tertiary/aromatic N) is 16. The van der Waals surface area contributed by atoms with Crippen molar-refractivity contribution in [1.82, 2.24) is 64.7 Å². The number of morpholine rings is 3. The number of ether oxygens (including phenoxy) is 7. The molecule has 0 atom stereocenters. The Balaban J connectivity index is 0.000000126. The molecule has 27 heteroatoms. The molecule has 0 unspecified atom stereocenters. The maximum Gasteiger partial charge on any atom is 0.273 e. The van der Waals surface area contributed by atoms with Crippen LogP contribution in [0.5, 0.6) is 17.2 Å². The Hall–Kier alpha value is -9.57. The van der Waals surface area contributed by atoms with Gasteiger partial charge in [0, 0.05) is 182 Å². The molecular formula is C77H95N19O8. The molecule has 1 amide bonds. The monoisotopic (exact) mass is 1410 g/mol. The maximum atomic E-state index is 12.0. The van der Waals surface area contributed by atoms with Gasteiger partial charge >= 0.3 is 0 Å². The number of benzene rings is 3. The van der Waals surface area contributed by atoms with Gasteiger partial charge in [-0.15, -0.1) is 0 Å². The molecule has 0 radical (unpaired) electrons. The van der Waals surface area contributed by atoms with Crippen molar-refractivity contribution in [3.8, 4) is 17.2 Å². The molecule has 3 N–H and O–H groups in total. The number of hydrogen-bond donors (Lipinski definition) is 3. The number of anilines is 6. The van der Waals surface area contributed by atoms with Gasteiger partial charge in [-0.3, -0.25) is 19.7 Å². The third-order valence-corrected chi connectivity index (χ3v) is 21.0. The van der Waals surface area contributed by atoms with Crippen LogP contribution < -0.4 is 44.9 Å². The predicted molar refractivity (Wildman–Crippen MR) is 397 cm³/mol. The zero-order valence-corrected chi connectivity index (χ0v) is 59.6. The van der Waals surface area contributed by atoms with E-state index in [4.69, 9.17) is 33.2 Å². The van der Waals surface area contributed by atoms with E-state index >= 15 is 0 Å². The normalized spacial score (nSPS) is 22.5. The SMILES string of the molecule is CN(C)C(=O)c1cnc(NC2CCC(Oc3cc(N4CCOCC4)cc4nccnc34)CC2)cn1.c1cnc2c(OC3CCC(Nc4ncc(C5CC5)cn4)CC3)cc(N3CCOCC3)cc2n1.c1cnc2c(OC3CCC(Nc4ncc(C5CCOCC5)cn4)CC3)cc(N3CCOCC3)cc2n1. The van der Waals surface area contributed by atoms with Crippen LogP contribution in [0.25, 0.3) is 33.1 Å². The van der Waals surface area contributed by atoms with Gasteiger partial charge in [0.05, 0.1) is 86.9 Å². The van der Waals surface area contributed by atoms with E-state index in [0.29, 0.717) is 35.4 Å². The minimum atomic E-state index is -0.156. The average Bonchev–Trinajstić information content (AvgIpc) is 1.56. The Labute approximate surface area is 606 Å². The molecule has 4 aliphatic carbocycles. The lowest BCUT2D eigenvalue weighted by molar-refractivity contribution is 0.0821. The summed E-state index contributed by atoms with van der Waals surface area (Å²) in [6.45, 7) is 11.3. The van der Waals surface area contributed by atoms with Crippen LogP contribution in [-0.2, 0) is 18.9 Å². The number of carbonyl (C=O) groups excluding carboxylic acids is 1. The molecule has 10 heterocycles. The number of fused-ring (bicyclic) bond motifs is 3. The van der Waals surface area contributed by atoms with E-state index in [1.165, 1.54) is 35.1 Å². The van der Waals surface area contributed by atoms with E-state index in [1.54, 1.807) is 57.5 Å². The molecule has 3 aromatic carbocycles. The summed E-state index contributed by atoms with van der Waals surface area (Å²) in [6, 6.07) is 13.7. The second kappa shape index (κ2) is 33.9. The summed E-state index contributed by atoms with van der Waals surface area (Å²) in [4.78, 5) is 74.7. The van der Waals surface area contributed by atoms with Crippen molar-refractivity contribution < 1.29 is 38.0 Å². The smallest absolute Gasteiger partial charge is 0.273 e. The fraction of sp³-hybridized carbons (Fsp3) is 0.519. The summed E-state index contributed by atoms with van der Waals surface area (Å²) in [6.07, 6.45) is 38.3. The van der Waals surface area contributed by atoms with Gasteiger partial charge in [0.2, 0.25) is 11.9 Å². The summed E-state index contributed by atoms with van der Waals surface area (Å²) < 4.78 is 41.6. The second-order valence-corrected chi connectivity index (χ2v) is 28.4. The minimum Gasteiger partial charge on any atom is -0.488 e. The van der Waals surface area contributed by atoms with Crippen molar-refractivity contribution in [2.45, 2.75) is 151 Å². The number of nitrogens with one attached hydrogen (secondary N) is 3. The molecule has 8 fully saturated rings. The van der Waals surface area contributed by atoms with E-state index in [1.807, 2.05) is 24.8 Å². The molecule has 0 bridgehead atoms. The first-order chi connectivity index (χ1) is 51.2. The Bertz CT molecular complexity index is 4250. The fourth-order valence-corrected chi connectivity index (χ4v) is 14.9. The summed E-state index contributed by atoms with van der Waals surface area (Å²) in [5, 5.41) is 10.5. The van der Waals surface area contributed by atoms with Crippen LogP contribution in [0.1, 0.15) is 136 Å². The highest BCUT2D eigenvalue weighted by Crippen LogP contribution is 2.41. The molecule has 4 saturated heterocycles. The predicted octanol–water partition coefficient (Wildman–Crippen LogP) is 10.6. The Morgan fingerprint density at radius 2 is 0.721 bits per heavy atom. The number of hydrogen-bond acceptors (Lipinski definition) is 26. The molecule has 17 rings (SSSR count). The van der Waals surface area contributed by atoms with Gasteiger partial charge in [-0.2, -0.15) is 0 Å². The number of carbonyl (C=O) groups is 1. The minimum absolute atomic E-state index is 0.115. The molecule has 0 spiro atoms. The first-order valence-corrected chi connectivity index (χ1v) is 37.5. The summed E-state index contributed by atoms with van der Waals surface area (Å²) in [5.74, 6) is 5.64. The molecule has 8 aliphatic rings. The van der Waals surface area contributed by atoms with E-state index in [-0.39, 0.29) is 30.3 Å². The van der Waals surface area contributed by atoms with Gasteiger partial charge in [-0.05, 0) is 144 Å². The summed E-state index contributed by atoms with van der Waals surface area (Å²) in [7, 11) is 3.40. The van der Waals surface area contributed by atoms with Crippen molar-refractivity contribution in [3.63, 3.8) is 0 Å². The molecular weight excluding hydrogens is 1320 g/mol. The highest BCUT2D eigenvalue weighted by Gasteiger charge is 2.30. The van der Waals surface area contributed by atoms with Gasteiger partial charge in [0.1, 0.15) is 45.3 Å². The fourth-order valence-electron chi connectivity index (χ4n) is 14.9. The standard InChI is InChI=1S/C27H34N6O3.C25H31N7O3.C25H30N6O2/c1-3-23(4-2-21(1)32-27-30-17-20(18-31-27)19-5-11-34-12-6-19)36-25-16-22(33-9-13-35-14-10-33)15-24-26(25)29-8-7-28-24;1-31(2)25(33)21-15-29-23(16-28-21)30-17-3-5-19(6-4-17)35-22-14-18(32-9-11-34-12-10-32)13-20-24(22)27-8-7-26-20;1-2-17(1)18-15-28-25(29-16-18)30-19-3-5-21(6-4-19)33-23-14-20(31-9-11-32-12-10-31)13-22-24(23)27-8-7-26-22/h7-8,15-19,21,23H,1-6,9-14H2,(H,30,31,32);7-8,13-17,19H,3-6,9-12H2,1-2H3,(H,29,30);7-8,13-17,19,21H,1-6,9-12H2,(H,28,29,30). The van der Waals surface area contributed by atoms with E-state index in [9.17, 15) is 4.79 Å². The Morgan fingerprint density at radius 1 is 0.375 bits per heavy atom. The Morgan fingerprint density at radius 3 is 1.07 bits per heavy atom. The number of rotatable bonds is 18. The van der Waals surface area contributed by atoms with E-state index in [2.05, 4.69) is 127 Å². The lowest BCUT2D eigenvalue weighted by atomic mass is 9.93. The maximum absolute atomic E-state index is 12.0. The summed E-state index contributed by atoms with van der Waals surface area (Å²) >= 11 is 0. The van der Waals surface area contributed by atoms with Crippen molar-refractivity contribution in [1.29, 1.82) is 0 Å². The van der Waals surface area contributed by atoms with Crippen LogP contribution in [-0.4, -0.2) is 213 Å². The van der Waals surface area contributed by atoms with Gasteiger partial charge in [0.15, 0.2) is 0 Å². The van der Waals surface area contributed by atoms with Gasteiger partial charge in [-0.1, -0.05) is 0 Å². The first kappa shape index (κ1) is 70.1. The molecule has 9 aromatic rings. The van der Waals surface area contributed by atoms with Crippen molar-refractivity contribution in [2.24, 2.45) is 0 Å². The van der Waals surface area contributed by atoms with E-state index in [0.717, 1.165) is 261 Å². The van der Waals surface area contributed by atoms with Crippen LogP contribution in [0.4, 0.5) is 34.8 Å². The van der Waals surface area contributed by atoms with Gasteiger partial charge in [-0.25, -0.2) is 44.9 Å². The average molecular weight is 1410 g/mol. The first-order valence-electron chi connectivity index (χ1n) is 37.5. The molecule has 546 valence electrons. The third kappa shape index (κ3) is 18.1. The van der Waals surface area contributed by atoms with Gasteiger partial charge < -0.3 is 68.7 Å². The second-order valence-electron chi connectivity index (χ2n) is 28.4. The molecule has 4 aliphatic heterocycles. The van der Waals surface area contributed by atoms with Crippen LogP contribution in [0.3, 0.4) is 0 Å². The highest BCUT2D eigenvalue weighted by atomic mass is 16.5. The van der Waals surface area contributed by atoms with Crippen LogP contribution in [0.15, 0.2) is 111 Å². The van der Waals surface area contributed by atoms with Crippen molar-refractivity contribution >= 4 is 73.8 Å². The lowest BCUT2D eigenvalue weighted by Gasteiger charge is -2.31. The molecule has 4 saturated carbocycles. The summed E-state index contributed by atoms with van der Waals surface area (Å²) in [5.41, 5.74) is 11.2. The van der Waals surface area contributed by atoms with Crippen LogP contribution >= 0.6 is 0 Å². The zero-order valence-electron chi connectivity index (χ0n) is 59.6. The van der Waals surface area contributed by atoms with Crippen molar-refractivity contribution in [3.05, 3.63) is 128 Å². The third-order valence-electron chi connectivity index (χ3n) is 21.0. The van der Waals surface area contributed by atoms with Crippen molar-refractivity contribution in [2.75, 3.05) is 137 Å². The van der Waals surface area contributed by atoms with E-state index < -0.39 is 0 Å². The van der Waals surface area contributed by atoms with Crippen LogP contribution in [0.2, 0.25) is 0 Å². The highest BCUT2D eigenvalue weighted by molar-refractivity contribution is 5.92. The Kier molecular flexibility index (Phi) is 22.9.